The van der Waals surface area contributed by atoms with Crippen molar-refractivity contribution in [2.75, 3.05) is 13.1 Å². The van der Waals surface area contributed by atoms with Gasteiger partial charge in [-0.3, -0.25) is 4.79 Å². The molecular weight excluding hydrogens is 212 g/mol. The maximum atomic E-state index is 11.7. The van der Waals surface area contributed by atoms with E-state index in [9.17, 15) is 4.79 Å². The first-order valence-electron chi connectivity index (χ1n) is 7.24. The lowest BCUT2D eigenvalue weighted by atomic mass is 9.93. The maximum Gasteiger partial charge on any atom is 0.234 e. The van der Waals surface area contributed by atoms with Crippen molar-refractivity contribution in [3.05, 3.63) is 0 Å². The van der Waals surface area contributed by atoms with E-state index in [1.165, 1.54) is 38.5 Å². The minimum Gasteiger partial charge on any atom is -0.352 e. The highest BCUT2D eigenvalue weighted by Gasteiger charge is 2.20. The van der Waals surface area contributed by atoms with Gasteiger partial charge in [-0.05, 0) is 38.6 Å². The molecule has 3 heteroatoms. The molecule has 0 aliphatic heterocycles. The molecule has 3 nitrogen and oxygen atoms in total. The smallest absolute Gasteiger partial charge is 0.234 e. The minimum absolute atomic E-state index is 0.148. The van der Waals surface area contributed by atoms with Gasteiger partial charge in [-0.25, -0.2) is 0 Å². The molecule has 0 spiro atoms. The summed E-state index contributed by atoms with van der Waals surface area (Å²) in [6.45, 7) is 5.66. The van der Waals surface area contributed by atoms with Crippen LogP contribution in [0.25, 0.3) is 0 Å². The fourth-order valence-corrected chi connectivity index (χ4v) is 2.61. The average molecular weight is 240 g/mol. The summed E-state index contributed by atoms with van der Waals surface area (Å²) in [4.78, 5) is 11.7. The Morgan fingerprint density at radius 1 is 1.24 bits per heavy atom. The van der Waals surface area contributed by atoms with Gasteiger partial charge in [0.1, 0.15) is 0 Å². The normalized spacial score (nSPS) is 19.6. The molecule has 0 aromatic heterocycles. The molecule has 1 aliphatic carbocycles. The van der Waals surface area contributed by atoms with Crippen LogP contribution in [-0.2, 0) is 4.79 Å². The third-order valence-corrected chi connectivity index (χ3v) is 3.71. The molecule has 0 bridgehead atoms. The van der Waals surface area contributed by atoms with Crippen LogP contribution in [0.1, 0.15) is 58.8 Å². The van der Waals surface area contributed by atoms with Crippen molar-refractivity contribution in [1.29, 1.82) is 0 Å². The van der Waals surface area contributed by atoms with E-state index in [0.29, 0.717) is 18.5 Å². The molecule has 0 unspecified atom stereocenters. The highest BCUT2D eigenvalue weighted by Crippen LogP contribution is 2.25. The summed E-state index contributed by atoms with van der Waals surface area (Å²) in [5.41, 5.74) is 0. The lowest BCUT2D eigenvalue weighted by Crippen LogP contribution is -2.42. The van der Waals surface area contributed by atoms with Gasteiger partial charge in [-0.2, -0.15) is 0 Å². The second-order valence-corrected chi connectivity index (χ2v) is 5.28. The second kappa shape index (κ2) is 8.51. The summed E-state index contributed by atoms with van der Waals surface area (Å²) in [6, 6.07) is 0.337. The van der Waals surface area contributed by atoms with Gasteiger partial charge in [-0.1, -0.05) is 32.6 Å². The molecule has 1 aliphatic rings. The Balaban J connectivity index is 2.21. The number of rotatable bonds is 6. The highest BCUT2D eigenvalue weighted by molar-refractivity contribution is 5.78. The van der Waals surface area contributed by atoms with Gasteiger partial charge in [0.25, 0.3) is 0 Å². The van der Waals surface area contributed by atoms with Gasteiger partial charge in [0.05, 0.1) is 6.54 Å². The Bertz CT molecular complexity index is 210. The zero-order valence-electron chi connectivity index (χ0n) is 11.4. The first-order valence-corrected chi connectivity index (χ1v) is 7.24. The highest BCUT2D eigenvalue weighted by atomic mass is 16.1. The van der Waals surface area contributed by atoms with E-state index in [2.05, 4.69) is 24.5 Å². The van der Waals surface area contributed by atoms with Crippen LogP contribution in [-0.4, -0.2) is 25.0 Å². The second-order valence-electron chi connectivity index (χ2n) is 5.28. The quantitative estimate of drug-likeness (QED) is 0.553. The van der Waals surface area contributed by atoms with Crippen molar-refractivity contribution in [2.24, 2.45) is 5.92 Å². The van der Waals surface area contributed by atoms with Gasteiger partial charge in [0.2, 0.25) is 5.91 Å². The van der Waals surface area contributed by atoms with Crippen molar-refractivity contribution in [3.63, 3.8) is 0 Å². The number of hydrogen-bond acceptors (Lipinski definition) is 2. The van der Waals surface area contributed by atoms with Gasteiger partial charge in [0, 0.05) is 6.04 Å². The van der Waals surface area contributed by atoms with Crippen molar-refractivity contribution >= 4 is 5.91 Å². The molecule has 1 saturated carbocycles. The summed E-state index contributed by atoms with van der Waals surface area (Å²) in [6.07, 6.45) is 9.04. The largest absolute Gasteiger partial charge is 0.352 e. The van der Waals surface area contributed by atoms with Gasteiger partial charge in [-0.15, -0.1) is 0 Å². The minimum atomic E-state index is 0.148. The first kappa shape index (κ1) is 14.5. The fourth-order valence-electron chi connectivity index (χ4n) is 2.61. The molecule has 0 heterocycles. The lowest BCUT2D eigenvalue weighted by Gasteiger charge is -2.23. The third kappa shape index (κ3) is 6.06. The third-order valence-electron chi connectivity index (χ3n) is 3.71. The van der Waals surface area contributed by atoms with E-state index >= 15 is 0 Å². The first-order chi connectivity index (χ1) is 8.24. The van der Waals surface area contributed by atoms with E-state index in [-0.39, 0.29) is 5.91 Å². The summed E-state index contributed by atoms with van der Waals surface area (Å²) in [5.74, 6) is 0.836. The number of nitrogens with one attached hydrogen (secondary N) is 2. The van der Waals surface area contributed by atoms with Crippen molar-refractivity contribution in [3.8, 4) is 0 Å². The topological polar surface area (TPSA) is 41.1 Å². The monoisotopic (exact) mass is 240 g/mol. The van der Waals surface area contributed by atoms with E-state index in [4.69, 9.17) is 0 Å². The number of carbonyl (C=O) groups is 1. The van der Waals surface area contributed by atoms with Crippen LogP contribution in [0, 0.1) is 5.92 Å². The summed E-state index contributed by atoms with van der Waals surface area (Å²) >= 11 is 0. The Hall–Kier alpha value is -0.570. The molecule has 0 radical (unpaired) electrons. The molecule has 0 aromatic rings. The molecular formula is C14H28N2O. The van der Waals surface area contributed by atoms with E-state index in [1.807, 2.05) is 0 Å². The van der Waals surface area contributed by atoms with Crippen LogP contribution in [0.2, 0.25) is 0 Å². The molecule has 0 aromatic carbocycles. The van der Waals surface area contributed by atoms with E-state index in [0.717, 1.165) is 13.0 Å². The van der Waals surface area contributed by atoms with Crippen LogP contribution in [0.3, 0.4) is 0 Å². The maximum absolute atomic E-state index is 11.7. The van der Waals surface area contributed by atoms with Gasteiger partial charge >= 0.3 is 0 Å². The van der Waals surface area contributed by atoms with Gasteiger partial charge in [0.15, 0.2) is 0 Å². The molecule has 1 atom stereocenters. The van der Waals surface area contributed by atoms with Crippen molar-refractivity contribution in [2.45, 2.75) is 64.8 Å². The number of hydrogen-bond donors (Lipinski definition) is 2. The molecule has 1 rings (SSSR count). The Morgan fingerprint density at radius 2 is 1.88 bits per heavy atom. The molecule has 17 heavy (non-hydrogen) atoms. The Morgan fingerprint density at radius 3 is 2.47 bits per heavy atom. The van der Waals surface area contributed by atoms with E-state index < -0.39 is 0 Å². The van der Waals surface area contributed by atoms with Crippen molar-refractivity contribution in [1.82, 2.24) is 10.6 Å². The molecule has 2 N–H and O–H groups in total. The zero-order chi connectivity index (χ0) is 12.5. The number of amides is 1. The standard InChI is InChI=1S/C14H28N2O/c1-3-10-15-11-14(17)16-12(2)13-8-6-4-5-7-9-13/h12-13,15H,3-11H2,1-2H3,(H,16,17)/t12-/m0/s1. The SMILES string of the molecule is CCCNCC(=O)N[C@@H](C)C1CCCCCC1. The van der Waals surface area contributed by atoms with Crippen LogP contribution in [0.5, 0.6) is 0 Å². The number of carbonyl (C=O) groups excluding carboxylic acids is 1. The summed E-state index contributed by atoms with van der Waals surface area (Å²) in [7, 11) is 0. The summed E-state index contributed by atoms with van der Waals surface area (Å²) < 4.78 is 0. The predicted octanol–water partition coefficient (Wildman–Crippen LogP) is 2.46. The predicted molar refractivity (Wildman–Crippen MR) is 72.0 cm³/mol. The van der Waals surface area contributed by atoms with Gasteiger partial charge < -0.3 is 10.6 Å². The Labute approximate surface area is 106 Å². The lowest BCUT2D eigenvalue weighted by molar-refractivity contribution is -0.121. The van der Waals surface area contributed by atoms with Crippen LogP contribution in [0.4, 0.5) is 0 Å². The van der Waals surface area contributed by atoms with Crippen LogP contribution < -0.4 is 10.6 Å². The molecule has 0 saturated heterocycles. The fraction of sp³-hybridized carbons (Fsp3) is 0.929. The Kier molecular flexibility index (Phi) is 7.25. The molecule has 100 valence electrons. The van der Waals surface area contributed by atoms with Crippen LogP contribution in [0.15, 0.2) is 0 Å². The molecule has 1 amide bonds. The van der Waals surface area contributed by atoms with E-state index in [1.54, 1.807) is 0 Å². The zero-order valence-corrected chi connectivity index (χ0v) is 11.4. The van der Waals surface area contributed by atoms with Crippen LogP contribution >= 0.6 is 0 Å². The molecule has 1 fully saturated rings. The average Bonchev–Trinajstić information content (AvgIpc) is 2.57. The summed E-state index contributed by atoms with van der Waals surface area (Å²) in [5, 5.41) is 6.28. The van der Waals surface area contributed by atoms with Crippen molar-refractivity contribution < 1.29 is 4.79 Å².